The standard InChI is InChI=1S/C11H15N5S3/c1-4-5-7-13-8(12)6(2)9(14-7)18-11-16-15-10(17-3)19-11/h4-5H2,1-3H3,(H2,12,13,14). The van der Waals surface area contributed by atoms with E-state index in [1.54, 1.807) is 23.1 Å². The van der Waals surface area contributed by atoms with Gasteiger partial charge in [-0.3, -0.25) is 0 Å². The van der Waals surface area contributed by atoms with Crippen LogP contribution in [-0.2, 0) is 6.42 Å². The predicted molar refractivity (Wildman–Crippen MR) is 81.0 cm³/mol. The lowest BCUT2D eigenvalue weighted by molar-refractivity contribution is 0.805. The van der Waals surface area contributed by atoms with E-state index in [0.717, 1.165) is 37.9 Å². The maximum Gasteiger partial charge on any atom is 0.181 e. The molecule has 0 saturated heterocycles. The van der Waals surface area contributed by atoms with E-state index < -0.39 is 0 Å². The second-order valence-corrected chi connectivity index (χ2v) is 7.11. The minimum atomic E-state index is 0.551. The van der Waals surface area contributed by atoms with Crippen LogP contribution < -0.4 is 5.73 Å². The highest BCUT2D eigenvalue weighted by atomic mass is 32.2. The number of nitrogens with zero attached hydrogens (tertiary/aromatic N) is 4. The molecule has 0 amide bonds. The lowest BCUT2D eigenvalue weighted by Gasteiger charge is -2.07. The summed E-state index contributed by atoms with van der Waals surface area (Å²) in [7, 11) is 0. The Morgan fingerprint density at radius 2 is 1.95 bits per heavy atom. The second kappa shape index (κ2) is 6.53. The van der Waals surface area contributed by atoms with Gasteiger partial charge >= 0.3 is 0 Å². The molecule has 0 aromatic carbocycles. The first-order chi connectivity index (χ1) is 9.13. The largest absolute Gasteiger partial charge is 0.383 e. The van der Waals surface area contributed by atoms with Gasteiger partial charge in [0.05, 0.1) is 0 Å². The van der Waals surface area contributed by atoms with Crippen molar-refractivity contribution >= 4 is 40.7 Å². The van der Waals surface area contributed by atoms with Crippen LogP contribution in [0, 0.1) is 6.92 Å². The first-order valence-corrected chi connectivity index (χ1v) is 8.68. The highest BCUT2D eigenvalue weighted by Gasteiger charge is 2.12. The van der Waals surface area contributed by atoms with Crippen molar-refractivity contribution in [1.29, 1.82) is 0 Å². The number of aromatic nitrogens is 4. The molecule has 8 heteroatoms. The Hall–Kier alpha value is -0.860. The van der Waals surface area contributed by atoms with Gasteiger partial charge in [0.25, 0.3) is 0 Å². The molecule has 2 rings (SSSR count). The molecule has 0 fully saturated rings. The molecule has 102 valence electrons. The van der Waals surface area contributed by atoms with Gasteiger partial charge in [0.1, 0.15) is 16.7 Å². The molecule has 0 aliphatic heterocycles. The molecule has 5 nitrogen and oxygen atoms in total. The SMILES string of the molecule is CCCc1nc(N)c(C)c(Sc2nnc(SC)s2)n1. The zero-order valence-corrected chi connectivity index (χ0v) is 13.5. The van der Waals surface area contributed by atoms with Crippen LogP contribution in [0.2, 0.25) is 0 Å². The molecule has 0 radical (unpaired) electrons. The topological polar surface area (TPSA) is 77.6 Å². The van der Waals surface area contributed by atoms with E-state index in [1.807, 2.05) is 13.2 Å². The number of hydrogen-bond donors (Lipinski definition) is 1. The fourth-order valence-electron chi connectivity index (χ4n) is 1.40. The van der Waals surface area contributed by atoms with Gasteiger partial charge in [-0.2, -0.15) is 0 Å². The molecule has 0 aliphatic rings. The van der Waals surface area contributed by atoms with E-state index in [2.05, 4.69) is 27.1 Å². The van der Waals surface area contributed by atoms with Crippen molar-refractivity contribution in [3.8, 4) is 0 Å². The summed E-state index contributed by atoms with van der Waals surface area (Å²) in [6, 6.07) is 0. The van der Waals surface area contributed by atoms with Gasteiger partial charge in [-0.05, 0) is 31.4 Å². The average Bonchev–Trinajstić information content (AvgIpc) is 2.83. The molecule has 0 aliphatic carbocycles. The van der Waals surface area contributed by atoms with Crippen LogP contribution in [0.25, 0.3) is 0 Å². The Bertz CT molecular complexity index is 569. The zero-order chi connectivity index (χ0) is 13.8. The number of aryl methyl sites for hydroxylation is 1. The summed E-state index contributed by atoms with van der Waals surface area (Å²) in [5.41, 5.74) is 6.84. The van der Waals surface area contributed by atoms with Crippen molar-refractivity contribution in [2.45, 2.75) is 40.4 Å². The Morgan fingerprint density at radius 3 is 2.58 bits per heavy atom. The summed E-state index contributed by atoms with van der Waals surface area (Å²) in [5, 5.41) is 9.09. The van der Waals surface area contributed by atoms with Gasteiger partial charge < -0.3 is 5.73 Å². The molecule has 19 heavy (non-hydrogen) atoms. The van der Waals surface area contributed by atoms with Crippen LogP contribution in [0.1, 0.15) is 24.7 Å². The molecular weight excluding hydrogens is 298 g/mol. The quantitative estimate of drug-likeness (QED) is 0.671. The van der Waals surface area contributed by atoms with Gasteiger partial charge in [-0.1, -0.05) is 30.0 Å². The van der Waals surface area contributed by atoms with E-state index in [1.165, 1.54) is 11.8 Å². The molecule has 2 heterocycles. The van der Waals surface area contributed by atoms with Gasteiger partial charge in [-0.25, -0.2) is 9.97 Å². The highest BCUT2D eigenvalue weighted by Crippen LogP contribution is 2.34. The average molecular weight is 313 g/mol. The van der Waals surface area contributed by atoms with Crippen molar-refractivity contribution in [1.82, 2.24) is 20.2 Å². The van der Waals surface area contributed by atoms with Crippen molar-refractivity contribution in [3.63, 3.8) is 0 Å². The van der Waals surface area contributed by atoms with E-state index in [0.29, 0.717) is 5.82 Å². The van der Waals surface area contributed by atoms with Crippen LogP contribution in [-0.4, -0.2) is 26.4 Å². The monoisotopic (exact) mass is 313 g/mol. The summed E-state index contributed by atoms with van der Waals surface area (Å²) in [6.07, 6.45) is 3.83. The third kappa shape index (κ3) is 3.58. The maximum absolute atomic E-state index is 5.94. The van der Waals surface area contributed by atoms with Crippen LogP contribution in [0.5, 0.6) is 0 Å². The summed E-state index contributed by atoms with van der Waals surface area (Å²) in [6.45, 7) is 4.03. The Labute approximate surface area is 124 Å². The van der Waals surface area contributed by atoms with Crippen molar-refractivity contribution in [3.05, 3.63) is 11.4 Å². The minimum absolute atomic E-state index is 0.551. The first-order valence-electron chi connectivity index (χ1n) is 5.82. The fraction of sp³-hybridized carbons (Fsp3) is 0.455. The van der Waals surface area contributed by atoms with Crippen molar-refractivity contribution < 1.29 is 0 Å². The normalized spacial score (nSPS) is 10.9. The van der Waals surface area contributed by atoms with Crippen molar-refractivity contribution in [2.75, 3.05) is 12.0 Å². The third-order valence-electron chi connectivity index (χ3n) is 2.41. The first kappa shape index (κ1) is 14.5. The Balaban J connectivity index is 2.27. The highest BCUT2D eigenvalue weighted by molar-refractivity contribution is 8.03. The lowest BCUT2D eigenvalue weighted by Crippen LogP contribution is -2.04. The smallest absolute Gasteiger partial charge is 0.181 e. The van der Waals surface area contributed by atoms with Crippen LogP contribution in [0.3, 0.4) is 0 Å². The van der Waals surface area contributed by atoms with E-state index in [-0.39, 0.29) is 0 Å². The minimum Gasteiger partial charge on any atom is -0.383 e. The number of thioether (sulfide) groups is 1. The van der Waals surface area contributed by atoms with Gasteiger partial charge in [0.15, 0.2) is 8.68 Å². The summed E-state index contributed by atoms with van der Waals surface area (Å²) >= 11 is 4.66. The van der Waals surface area contributed by atoms with E-state index >= 15 is 0 Å². The van der Waals surface area contributed by atoms with Gasteiger partial charge in [0, 0.05) is 12.0 Å². The number of hydrogen-bond acceptors (Lipinski definition) is 8. The Morgan fingerprint density at radius 1 is 1.21 bits per heavy atom. The number of anilines is 1. The third-order valence-corrected chi connectivity index (χ3v) is 5.45. The van der Waals surface area contributed by atoms with E-state index in [4.69, 9.17) is 5.73 Å². The van der Waals surface area contributed by atoms with Crippen LogP contribution in [0.15, 0.2) is 13.7 Å². The Kier molecular flexibility index (Phi) is 5.00. The second-order valence-electron chi connectivity index (χ2n) is 3.85. The zero-order valence-electron chi connectivity index (χ0n) is 11.0. The number of nitrogens with two attached hydrogens (primary N) is 1. The maximum atomic E-state index is 5.94. The summed E-state index contributed by atoms with van der Waals surface area (Å²) in [5.74, 6) is 1.35. The fourth-order valence-corrected chi connectivity index (χ4v) is 3.86. The number of nitrogen functional groups attached to an aromatic ring is 1. The van der Waals surface area contributed by atoms with Crippen LogP contribution in [0.4, 0.5) is 5.82 Å². The molecule has 2 aromatic rings. The van der Waals surface area contributed by atoms with Gasteiger partial charge in [-0.15, -0.1) is 10.2 Å². The molecular formula is C11H15N5S3. The molecule has 0 spiro atoms. The summed E-state index contributed by atoms with van der Waals surface area (Å²) < 4.78 is 1.84. The molecule has 0 saturated carbocycles. The predicted octanol–water partition coefficient (Wildman–Crippen LogP) is 3.04. The van der Waals surface area contributed by atoms with Crippen molar-refractivity contribution in [2.24, 2.45) is 0 Å². The van der Waals surface area contributed by atoms with Gasteiger partial charge in [0.2, 0.25) is 0 Å². The van der Waals surface area contributed by atoms with E-state index in [9.17, 15) is 0 Å². The molecule has 2 N–H and O–H groups in total. The number of rotatable bonds is 5. The molecule has 2 aromatic heterocycles. The summed E-state index contributed by atoms with van der Waals surface area (Å²) in [4.78, 5) is 8.86. The molecule has 0 unspecified atom stereocenters. The lowest BCUT2D eigenvalue weighted by atomic mass is 10.3. The molecule has 0 atom stereocenters. The van der Waals surface area contributed by atoms with Crippen LogP contribution >= 0.6 is 34.9 Å². The molecule has 0 bridgehead atoms.